The number of hydrogen-bond acceptors (Lipinski definition) is 3. The average molecular weight is 418 g/mol. The number of nitrogens with one attached hydrogen (secondary N) is 1. The lowest BCUT2D eigenvalue weighted by Gasteiger charge is -2.36. The number of benzene rings is 3. The molecular weight excluding hydrogens is 395 g/mol. The summed E-state index contributed by atoms with van der Waals surface area (Å²) in [4.78, 5) is 26.9. The van der Waals surface area contributed by atoms with Gasteiger partial charge in [-0.3, -0.25) is 9.59 Å². The van der Waals surface area contributed by atoms with Crippen LogP contribution in [-0.2, 0) is 16.0 Å². The molecule has 0 aliphatic carbocycles. The first kappa shape index (κ1) is 20.6. The molecule has 1 atom stereocenters. The van der Waals surface area contributed by atoms with Crippen LogP contribution in [0.3, 0.4) is 0 Å². The summed E-state index contributed by atoms with van der Waals surface area (Å²) < 4.78 is 19.3. The van der Waals surface area contributed by atoms with E-state index in [-0.39, 0.29) is 24.3 Å². The first-order valence-corrected chi connectivity index (χ1v) is 10.2. The zero-order valence-electron chi connectivity index (χ0n) is 17.2. The van der Waals surface area contributed by atoms with Gasteiger partial charge in [0.15, 0.2) is 5.75 Å². The predicted molar refractivity (Wildman–Crippen MR) is 116 cm³/mol. The van der Waals surface area contributed by atoms with Gasteiger partial charge in [-0.2, -0.15) is 0 Å². The van der Waals surface area contributed by atoms with E-state index in [1.807, 2.05) is 24.3 Å². The molecule has 0 saturated carbocycles. The number of nitrogens with zero attached hydrogens (tertiary/aromatic N) is 1. The van der Waals surface area contributed by atoms with E-state index >= 15 is 0 Å². The van der Waals surface area contributed by atoms with Crippen molar-refractivity contribution in [2.75, 3.05) is 11.9 Å². The molecule has 1 heterocycles. The number of halogens is 1. The van der Waals surface area contributed by atoms with Gasteiger partial charge in [-0.05, 0) is 41.8 Å². The lowest BCUT2D eigenvalue weighted by molar-refractivity contribution is -0.132. The van der Waals surface area contributed by atoms with Crippen molar-refractivity contribution in [3.63, 3.8) is 0 Å². The first-order valence-electron chi connectivity index (χ1n) is 10.2. The van der Waals surface area contributed by atoms with Crippen molar-refractivity contribution < 1.29 is 18.7 Å². The van der Waals surface area contributed by atoms with Crippen molar-refractivity contribution in [1.29, 1.82) is 0 Å². The largest absolute Gasteiger partial charge is 0.455 e. The summed E-state index contributed by atoms with van der Waals surface area (Å²) in [7, 11) is 0. The van der Waals surface area contributed by atoms with E-state index in [2.05, 4.69) is 5.32 Å². The van der Waals surface area contributed by atoms with Gasteiger partial charge in [0.2, 0.25) is 11.8 Å². The fourth-order valence-electron chi connectivity index (χ4n) is 3.94. The van der Waals surface area contributed by atoms with Crippen LogP contribution in [0, 0.1) is 5.82 Å². The third-order valence-electron chi connectivity index (χ3n) is 5.38. The van der Waals surface area contributed by atoms with Crippen molar-refractivity contribution in [3.05, 3.63) is 89.7 Å². The van der Waals surface area contributed by atoms with Crippen LogP contribution in [0.4, 0.5) is 10.1 Å². The van der Waals surface area contributed by atoms with E-state index in [0.717, 1.165) is 17.5 Å². The van der Waals surface area contributed by atoms with Gasteiger partial charge in [-0.1, -0.05) is 42.5 Å². The van der Waals surface area contributed by atoms with Gasteiger partial charge >= 0.3 is 0 Å². The van der Waals surface area contributed by atoms with E-state index < -0.39 is 5.82 Å². The lowest BCUT2D eigenvalue weighted by atomic mass is 9.90. The van der Waals surface area contributed by atoms with Gasteiger partial charge in [-0.25, -0.2) is 4.39 Å². The fourth-order valence-corrected chi connectivity index (χ4v) is 3.94. The van der Waals surface area contributed by atoms with Crippen molar-refractivity contribution in [3.8, 4) is 11.5 Å². The third kappa shape index (κ3) is 4.74. The molecule has 0 bridgehead atoms. The van der Waals surface area contributed by atoms with Crippen LogP contribution in [0.2, 0.25) is 0 Å². The molecule has 0 fully saturated rings. The zero-order chi connectivity index (χ0) is 21.8. The summed E-state index contributed by atoms with van der Waals surface area (Å²) in [5.74, 6) is 0.0595. The molecule has 158 valence electrons. The van der Waals surface area contributed by atoms with Crippen LogP contribution in [-0.4, -0.2) is 23.3 Å². The van der Waals surface area contributed by atoms with Crippen LogP contribution in [0.1, 0.15) is 30.5 Å². The minimum atomic E-state index is -0.403. The summed E-state index contributed by atoms with van der Waals surface area (Å²) in [6.07, 6.45) is 0.906. The number of rotatable bonds is 5. The summed E-state index contributed by atoms with van der Waals surface area (Å²) in [6.45, 7) is 2.12. The third-order valence-corrected chi connectivity index (χ3v) is 5.38. The number of ether oxygens (including phenoxy) is 1. The van der Waals surface area contributed by atoms with Gasteiger partial charge in [0.25, 0.3) is 0 Å². The van der Waals surface area contributed by atoms with Gasteiger partial charge in [0.05, 0.1) is 18.2 Å². The Kier molecular flexibility index (Phi) is 5.98. The van der Waals surface area contributed by atoms with Crippen molar-refractivity contribution in [1.82, 2.24) is 4.90 Å². The standard InChI is InChI=1S/C25H23FN2O3/c1-17(29)28-14-13-18-7-2-3-10-21(18)23(28)16-25(30)27-22-11-4-5-12-24(22)31-20-9-6-8-19(26)15-20/h2-12,15,23H,13-14,16H2,1H3,(H,27,30). The van der Waals surface area contributed by atoms with E-state index in [4.69, 9.17) is 4.74 Å². The maximum Gasteiger partial charge on any atom is 0.226 e. The zero-order valence-corrected chi connectivity index (χ0v) is 17.2. The van der Waals surface area contributed by atoms with Gasteiger partial charge < -0.3 is 15.0 Å². The van der Waals surface area contributed by atoms with Crippen LogP contribution < -0.4 is 10.1 Å². The second kappa shape index (κ2) is 9.00. The molecule has 1 N–H and O–H groups in total. The number of carbonyl (C=O) groups excluding carboxylic acids is 2. The van der Waals surface area contributed by atoms with Gasteiger partial charge in [-0.15, -0.1) is 0 Å². The molecule has 1 unspecified atom stereocenters. The summed E-state index contributed by atoms with van der Waals surface area (Å²) >= 11 is 0. The molecule has 4 rings (SSSR count). The number of fused-ring (bicyclic) bond motifs is 1. The number of carbonyl (C=O) groups is 2. The number of amides is 2. The molecule has 3 aromatic carbocycles. The Labute approximate surface area is 180 Å². The lowest BCUT2D eigenvalue weighted by Crippen LogP contribution is -2.40. The average Bonchev–Trinajstić information content (AvgIpc) is 2.75. The number of para-hydroxylation sites is 2. The second-order valence-electron chi connectivity index (χ2n) is 7.48. The Bertz CT molecular complexity index is 1120. The number of anilines is 1. The molecule has 1 aliphatic heterocycles. The number of hydrogen-bond donors (Lipinski definition) is 1. The maximum atomic E-state index is 13.5. The molecule has 31 heavy (non-hydrogen) atoms. The minimum Gasteiger partial charge on any atom is -0.455 e. The smallest absolute Gasteiger partial charge is 0.226 e. The molecule has 1 aliphatic rings. The molecule has 0 radical (unpaired) electrons. The SMILES string of the molecule is CC(=O)N1CCc2ccccc2C1CC(=O)Nc1ccccc1Oc1cccc(F)c1. The molecule has 6 heteroatoms. The molecular formula is C25H23FN2O3. The molecule has 5 nitrogen and oxygen atoms in total. The van der Waals surface area contributed by atoms with E-state index in [1.165, 1.54) is 19.1 Å². The van der Waals surface area contributed by atoms with Gasteiger partial charge in [0.1, 0.15) is 11.6 Å². The Morgan fingerprint density at radius 1 is 1.06 bits per heavy atom. The minimum absolute atomic E-state index is 0.0536. The summed E-state index contributed by atoms with van der Waals surface area (Å²) in [5, 5.41) is 2.89. The Hall–Kier alpha value is -3.67. The van der Waals surface area contributed by atoms with Crippen molar-refractivity contribution in [2.24, 2.45) is 0 Å². The summed E-state index contributed by atoms with van der Waals surface area (Å²) in [5.41, 5.74) is 2.64. The molecule has 0 spiro atoms. The van der Waals surface area contributed by atoms with Gasteiger partial charge in [0, 0.05) is 19.5 Å². The molecule has 3 aromatic rings. The highest BCUT2D eigenvalue weighted by molar-refractivity contribution is 5.93. The molecule has 0 saturated heterocycles. The van der Waals surface area contributed by atoms with Crippen LogP contribution in [0.5, 0.6) is 11.5 Å². The highest BCUT2D eigenvalue weighted by atomic mass is 19.1. The normalized spacial score (nSPS) is 15.2. The van der Waals surface area contributed by atoms with Crippen molar-refractivity contribution >= 4 is 17.5 Å². The van der Waals surface area contributed by atoms with E-state index in [9.17, 15) is 14.0 Å². The first-order chi connectivity index (χ1) is 15.0. The Balaban J connectivity index is 1.53. The van der Waals surface area contributed by atoms with Crippen LogP contribution in [0.25, 0.3) is 0 Å². The Morgan fingerprint density at radius 2 is 1.84 bits per heavy atom. The van der Waals surface area contributed by atoms with Crippen molar-refractivity contribution in [2.45, 2.75) is 25.8 Å². The fraction of sp³-hybridized carbons (Fsp3) is 0.200. The highest BCUT2D eigenvalue weighted by Gasteiger charge is 2.30. The summed E-state index contributed by atoms with van der Waals surface area (Å²) in [6, 6.07) is 20.4. The molecule has 2 amide bonds. The van der Waals surface area contributed by atoms with Crippen LogP contribution >= 0.6 is 0 Å². The highest BCUT2D eigenvalue weighted by Crippen LogP contribution is 2.34. The quantitative estimate of drug-likeness (QED) is 0.628. The topological polar surface area (TPSA) is 58.6 Å². The van der Waals surface area contributed by atoms with E-state index in [1.54, 1.807) is 41.3 Å². The van der Waals surface area contributed by atoms with E-state index in [0.29, 0.717) is 23.7 Å². The second-order valence-corrected chi connectivity index (χ2v) is 7.48. The monoisotopic (exact) mass is 418 g/mol. The Morgan fingerprint density at radius 3 is 2.65 bits per heavy atom. The van der Waals surface area contributed by atoms with Crippen LogP contribution in [0.15, 0.2) is 72.8 Å². The maximum absolute atomic E-state index is 13.5. The molecule has 0 aromatic heterocycles. The predicted octanol–water partition coefficient (Wildman–Crippen LogP) is 5.09.